The molecule has 0 spiro atoms. The normalized spacial score (nSPS) is 16.4. The van der Waals surface area contributed by atoms with Crippen molar-refractivity contribution >= 4 is 28.4 Å². The van der Waals surface area contributed by atoms with Gasteiger partial charge in [-0.1, -0.05) is 24.3 Å². The second-order valence-corrected chi connectivity index (χ2v) is 6.91. The van der Waals surface area contributed by atoms with Gasteiger partial charge in [0, 0.05) is 26.1 Å². The summed E-state index contributed by atoms with van der Waals surface area (Å²) in [5, 5.41) is 3.27. The molecule has 0 bridgehead atoms. The third kappa shape index (κ3) is 3.73. The molecule has 0 radical (unpaired) electrons. The molecule has 3 aromatic rings. The fourth-order valence-electron chi connectivity index (χ4n) is 3.50. The summed E-state index contributed by atoms with van der Waals surface area (Å²) >= 11 is 0. The van der Waals surface area contributed by atoms with Crippen LogP contribution in [0.5, 0.6) is 0 Å². The number of fused-ring (bicyclic) bond motifs is 1. The van der Waals surface area contributed by atoms with Crippen molar-refractivity contribution in [2.45, 2.75) is 13.0 Å². The third-order valence-electron chi connectivity index (χ3n) is 5.02. The number of anilines is 1. The van der Waals surface area contributed by atoms with Crippen molar-refractivity contribution in [3.8, 4) is 0 Å². The lowest BCUT2D eigenvalue weighted by Crippen LogP contribution is -2.36. The van der Waals surface area contributed by atoms with E-state index in [1.165, 1.54) is 27.9 Å². The van der Waals surface area contributed by atoms with E-state index in [1.807, 2.05) is 6.07 Å². The fraction of sp³-hybridized carbons (Fsp3) is 0.238. The molecular formula is C21H19FN4O3. The number of benzene rings is 2. The van der Waals surface area contributed by atoms with Gasteiger partial charge in [-0.2, -0.15) is 0 Å². The van der Waals surface area contributed by atoms with Crippen LogP contribution in [0.1, 0.15) is 6.42 Å². The first kappa shape index (κ1) is 18.8. The Morgan fingerprint density at radius 2 is 1.90 bits per heavy atom. The molecule has 0 saturated carbocycles. The van der Waals surface area contributed by atoms with Gasteiger partial charge in [-0.15, -0.1) is 0 Å². The van der Waals surface area contributed by atoms with Crippen LogP contribution in [0.15, 0.2) is 59.7 Å². The maximum Gasteiger partial charge on any atom is 0.261 e. The van der Waals surface area contributed by atoms with Crippen LogP contribution in [0.4, 0.5) is 10.1 Å². The molecule has 1 fully saturated rings. The Hall–Kier alpha value is -3.55. The van der Waals surface area contributed by atoms with Crippen molar-refractivity contribution in [3.63, 3.8) is 0 Å². The molecule has 8 heteroatoms. The van der Waals surface area contributed by atoms with Crippen LogP contribution in [0.25, 0.3) is 10.9 Å². The zero-order valence-electron chi connectivity index (χ0n) is 15.5. The number of hydrogen-bond acceptors (Lipinski definition) is 4. The number of nitrogens with one attached hydrogen (secondary N) is 1. The Kier molecular flexibility index (Phi) is 5.07. The van der Waals surface area contributed by atoms with Crippen molar-refractivity contribution < 1.29 is 14.0 Å². The Balaban J connectivity index is 1.37. The zero-order valence-corrected chi connectivity index (χ0v) is 15.5. The molecule has 29 heavy (non-hydrogen) atoms. The molecule has 2 aromatic carbocycles. The lowest BCUT2D eigenvalue weighted by molar-refractivity contribution is -0.126. The number of nitrogens with zero attached hydrogens (tertiary/aromatic N) is 3. The average Bonchev–Trinajstić information content (AvgIpc) is 3.12. The Labute approximate surface area is 165 Å². The average molecular weight is 394 g/mol. The van der Waals surface area contributed by atoms with E-state index in [2.05, 4.69) is 10.3 Å². The van der Waals surface area contributed by atoms with E-state index in [4.69, 9.17) is 0 Å². The second-order valence-electron chi connectivity index (χ2n) is 6.91. The Bertz CT molecular complexity index is 1140. The second kappa shape index (κ2) is 7.83. The van der Waals surface area contributed by atoms with Gasteiger partial charge in [-0.25, -0.2) is 9.37 Å². The van der Waals surface area contributed by atoms with Crippen molar-refractivity contribution in [1.29, 1.82) is 0 Å². The number of carbonyl (C=O) groups is 2. The minimum atomic E-state index is -0.562. The monoisotopic (exact) mass is 394 g/mol. The van der Waals surface area contributed by atoms with Crippen LogP contribution in [-0.4, -0.2) is 34.5 Å². The van der Waals surface area contributed by atoms with Crippen LogP contribution in [0.3, 0.4) is 0 Å². The zero-order chi connectivity index (χ0) is 20.4. The minimum Gasteiger partial charge on any atom is -0.354 e. The van der Waals surface area contributed by atoms with E-state index in [0.29, 0.717) is 10.9 Å². The quantitative estimate of drug-likeness (QED) is 0.714. The van der Waals surface area contributed by atoms with Crippen LogP contribution < -0.4 is 15.8 Å². The molecule has 1 aliphatic rings. The topological polar surface area (TPSA) is 84.3 Å². The predicted molar refractivity (Wildman–Crippen MR) is 106 cm³/mol. The van der Waals surface area contributed by atoms with Gasteiger partial charge in [0.25, 0.3) is 5.56 Å². The standard InChI is InChI=1S/C21H19FN4O3/c22-16-6-2-4-8-18(16)26-12-14(11-19(26)27)20(28)23-9-10-25-13-24-17-7-3-1-5-15(17)21(25)29/h1-8,13-14H,9-12H2,(H,23,28)/t14-/m0/s1. The van der Waals surface area contributed by atoms with E-state index in [0.717, 1.165) is 0 Å². The maximum absolute atomic E-state index is 13.9. The van der Waals surface area contributed by atoms with Gasteiger partial charge < -0.3 is 10.2 Å². The summed E-state index contributed by atoms with van der Waals surface area (Å²) < 4.78 is 15.4. The first-order valence-electron chi connectivity index (χ1n) is 9.31. The number of hydrogen-bond donors (Lipinski definition) is 1. The Morgan fingerprint density at radius 3 is 2.72 bits per heavy atom. The number of halogens is 1. The summed E-state index contributed by atoms with van der Waals surface area (Å²) in [6, 6.07) is 13.1. The summed E-state index contributed by atoms with van der Waals surface area (Å²) in [7, 11) is 0. The lowest BCUT2D eigenvalue weighted by Gasteiger charge is -2.17. The molecule has 1 saturated heterocycles. The minimum absolute atomic E-state index is 0.0254. The molecule has 7 nitrogen and oxygen atoms in total. The number of carbonyl (C=O) groups excluding carboxylic acids is 2. The third-order valence-corrected chi connectivity index (χ3v) is 5.02. The number of para-hydroxylation sites is 2. The molecule has 0 unspecified atom stereocenters. The summed E-state index contributed by atoms with van der Waals surface area (Å²) in [5.41, 5.74) is 0.628. The van der Waals surface area contributed by atoms with Gasteiger partial charge >= 0.3 is 0 Å². The fourth-order valence-corrected chi connectivity index (χ4v) is 3.50. The smallest absolute Gasteiger partial charge is 0.261 e. The van der Waals surface area contributed by atoms with Gasteiger partial charge in [0.2, 0.25) is 11.8 Å². The van der Waals surface area contributed by atoms with E-state index in [9.17, 15) is 18.8 Å². The molecule has 4 rings (SSSR count). The summed E-state index contributed by atoms with van der Waals surface area (Å²) in [6.07, 6.45) is 1.48. The van der Waals surface area contributed by atoms with Crippen molar-refractivity contribution in [2.24, 2.45) is 5.92 Å². The van der Waals surface area contributed by atoms with E-state index >= 15 is 0 Å². The SMILES string of the molecule is O=C(NCCn1cnc2ccccc2c1=O)[C@H]1CC(=O)N(c2ccccc2F)C1. The molecule has 2 amide bonds. The van der Waals surface area contributed by atoms with E-state index < -0.39 is 11.7 Å². The van der Waals surface area contributed by atoms with E-state index in [-0.39, 0.29) is 49.1 Å². The van der Waals surface area contributed by atoms with Crippen molar-refractivity contribution in [1.82, 2.24) is 14.9 Å². The maximum atomic E-state index is 13.9. The highest BCUT2D eigenvalue weighted by Gasteiger charge is 2.35. The molecule has 1 N–H and O–H groups in total. The van der Waals surface area contributed by atoms with Gasteiger partial charge in [-0.3, -0.25) is 19.0 Å². The summed E-state index contributed by atoms with van der Waals surface area (Å²) in [6.45, 7) is 0.617. The molecule has 1 aliphatic heterocycles. The van der Waals surface area contributed by atoms with Crippen molar-refractivity contribution in [3.05, 3.63) is 71.0 Å². The highest BCUT2D eigenvalue weighted by molar-refractivity contribution is 6.00. The van der Waals surface area contributed by atoms with Crippen LogP contribution in [0.2, 0.25) is 0 Å². The number of amides is 2. The molecule has 1 aromatic heterocycles. The summed E-state index contributed by atoms with van der Waals surface area (Å²) in [4.78, 5) is 42.7. The molecule has 148 valence electrons. The number of aromatic nitrogens is 2. The highest BCUT2D eigenvalue weighted by atomic mass is 19.1. The lowest BCUT2D eigenvalue weighted by atomic mass is 10.1. The van der Waals surface area contributed by atoms with Gasteiger partial charge in [0.05, 0.1) is 28.8 Å². The van der Waals surface area contributed by atoms with Crippen LogP contribution in [-0.2, 0) is 16.1 Å². The van der Waals surface area contributed by atoms with Gasteiger partial charge in [0.1, 0.15) is 5.82 Å². The molecule has 1 atom stereocenters. The van der Waals surface area contributed by atoms with Gasteiger partial charge in [0.15, 0.2) is 0 Å². The highest BCUT2D eigenvalue weighted by Crippen LogP contribution is 2.27. The Morgan fingerprint density at radius 1 is 1.14 bits per heavy atom. The molecular weight excluding hydrogens is 375 g/mol. The first-order valence-corrected chi connectivity index (χ1v) is 9.31. The number of rotatable bonds is 5. The van der Waals surface area contributed by atoms with Crippen molar-refractivity contribution in [2.75, 3.05) is 18.0 Å². The van der Waals surface area contributed by atoms with Gasteiger partial charge in [-0.05, 0) is 24.3 Å². The molecule has 0 aliphatic carbocycles. The van der Waals surface area contributed by atoms with E-state index in [1.54, 1.807) is 30.3 Å². The van der Waals surface area contributed by atoms with Crippen LogP contribution in [0, 0.1) is 11.7 Å². The first-order chi connectivity index (χ1) is 14.0. The largest absolute Gasteiger partial charge is 0.354 e. The predicted octanol–water partition coefficient (Wildman–Crippen LogP) is 1.70. The molecule has 2 heterocycles. The van der Waals surface area contributed by atoms with Crippen LogP contribution >= 0.6 is 0 Å². The summed E-state index contributed by atoms with van der Waals surface area (Å²) in [5.74, 6) is -1.64.